The fraction of sp³-hybridized carbons (Fsp3) is 0.312. The molecule has 124 valence electrons. The Kier molecular flexibility index (Phi) is 6.83. The van der Waals surface area contributed by atoms with Crippen LogP contribution in [-0.4, -0.2) is 30.4 Å². The maximum atomic E-state index is 12.3. The molecule has 2 aromatic rings. The molecule has 0 aliphatic carbocycles. The van der Waals surface area contributed by atoms with Crippen LogP contribution in [0.4, 0.5) is 0 Å². The Bertz CT molecular complexity index is 686. The Hall–Kier alpha value is -1.63. The van der Waals surface area contributed by atoms with Crippen molar-refractivity contribution in [1.29, 1.82) is 0 Å². The van der Waals surface area contributed by atoms with Crippen molar-refractivity contribution in [3.63, 3.8) is 0 Å². The predicted octanol–water partition coefficient (Wildman–Crippen LogP) is 3.01. The van der Waals surface area contributed by atoms with Crippen molar-refractivity contribution in [3.8, 4) is 0 Å². The zero-order chi connectivity index (χ0) is 16.7. The van der Waals surface area contributed by atoms with Gasteiger partial charge in [-0.1, -0.05) is 23.7 Å². The molecule has 0 bridgehead atoms. The standard InChI is InChI=1S/C16H18ClNO4S/c1-21-10-4-9-18-16(19)14-8-7-12(22-14)11-23(20)15-6-3-2-5-13(15)17/h2-3,5-8H,4,9-11H2,1H3,(H,18,19)/t23-/m1/s1. The van der Waals surface area contributed by atoms with Gasteiger partial charge in [0.1, 0.15) is 5.76 Å². The second kappa shape index (κ2) is 8.86. The molecule has 1 atom stereocenters. The van der Waals surface area contributed by atoms with Gasteiger partial charge in [0.25, 0.3) is 5.91 Å². The normalized spacial score (nSPS) is 12.1. The van der Waals surface area contributed by atoms with E-state index >= 15 is 0 Å². The van der Waals surface area contributed by atoms with Gasteiger partial charge in [0.05, 0.1) is 26.5 Å². The fourth-order valence-corrected chi connectivity index (χ4v) is 3.40. The van der Waals surface area contributed by atoms with E-state index in [1.54, 1.807) is 43.5 Å². The maximum absolute atomic E-state index is 12.3. The van der Waals surface area contributed by atoms with Crippen LogP contribution < -0.4 is 5.32 Å². The molecule has 0 aliphatic rings. The van der Waals surface area contributed by atoms with Crippen LogP contribution in [0.3, 0.4) is 0 Å². The SMILES string of the molecule is COCCCNC(=O)c1ccc(C[S@@](=O)c2ccccc2Cl)o1. The minimum absolute atomic E-state index is 0.167. The zero-order valence-electron chi connectivity index (χ0n) is 12.7. The summed E-state index contributed by atoms with van der Waals surface area (Å²) in [7, 11) is 0.283. The fourth-order valence-electron chi connectivity index (χ4n) is 1.92. The van der Waals surface area contributed by atoms with Gasteiger partial charge in [-0.25, -0.2) is 0 Å². The average molecular weight is 356 g/mol. The smallest absolute Gasteiger partial charge is 0.286 e. The largest absolute Gasteiger partial charge is 0.455 e. The summed E-state index contributed by atoms with van der Waals surface area (Å²) < 4.78 is 22.7. The molecule has 0 aliphatic heterocycles. The number of halogens is 1. The molecule has 1 amide bonds. The van der Waals surface area contributed by atoms with E-state index in [9.17, 15) is 9.00 Å². The van der Waals surface area contributed by atoms with E-state index in [0.29, 0.717) is 28.8 Å². The number of benzene rings is 1. The van der Waals surface area contributed by atoms with E-state index in [-0.39, 0.29) is 17.4 Å². The molecule has 7 heteroatoms. The molecule has 0 fully saturated rings. The topological polar surface area (TPSA) is 68.5 Å². The van der Waals surface area contributed by atoms with Crippen LogP contribution in [0.1, 0.15) is 22.7 Å². The molecule has 0 unspecified atom stereocenters. The molecule has 1 heterocycles. The third-order valence-corrected chi connectivity index (χ3v) is 4.89. The van der Waals surface area contributed by atoms with Crippen LogP contribution in [0.15, 0.2) is 45.7 Å². The van der Waals surface area contributed by atoms with Gasteiger partial charge in [-0.2, -0.15) is 0 Å². The lowest BCUT2D eigenvalue weighted by molar-refractivity contribution is 0.0919. The van der Waals surface area contributed by atoms with Crippen molar-refractivity contribution in [3.05, 3.63) is 52.9 Å². The average Bonchev–Trinajstić information content (AvgIpc) is 3.00. The van der Waals surface area contributed by atoms with E-state index in [0.717, 1.165) is 6.42 Å². The second-order valence-electron chi connectivity index (χ2n) is 4.79. The quantitative estimate of drug-likeness (QED) is 0.739. The predicted molar refractivity (Wildman–Crippen MR) is 89.1 cm³/mol. The Morgan fingerprint density at radius 2 is 2.09 bits per heavy atom. The first-order chi connectivity index (χ1) is 11.1. The molecule has 1 aromatic heterocycles. The molecule has 0 radical (unpaired) electrons. The van der Waals surface area contributed by atoms with Crippen molar-refractivity contribution < 1.29 is 18.2 Å². The van der Waals surface area contributed by atoms with Crippen molar-refractivity contribution in [2.24, 2.45) is 0 Å². The summed E-state index contributed by atoms with van der Waals surface area (Å²) in [6.45, 7) is 1.09. The summed E-state index contributed by atoms with van der Waals surface area (Å²) in [4.78, 5) is 12.4. The number of rotatable bonds is 8. The van der Waals surface area contributed by atoms with E-state index in [4.69, 9.17) is 20.8 Å². The summed E-state index contributed by atoms with van der Waals surface area (Å²) in [6, 6.07) is 10.2. The number of amides is 1. The van der Waals surface area contributed by atoms with Gasteiger partial charge in [0.2, 0.25) is 0 Å². The van der Waals surface area contributed by atoms with Gasteiger partial charge in [-0.3, -0.25) is 9.00 Å². The van der Waals surface area contributed by atoms with Gasteiger partial charge < -0.3 is 14.5 Å². The molecule has 0 saturated heterocycles. The van der Waals surface area contributed by atoms with Gasteiger partial charge in [-0.05, 0) is 30.7 Å². The molecule has 1 aromatic carbocycles. The van der Waals surface area contributed by atoms with Crippen LogP contribution in [0.5, 0.6) is 0 Å². The minimum atomic E-state index is -1.33. The van der Waals surface area contributed by atoms with E-state index < -0.39 is 10.8 Å². The van der Waals surface area contributed by atoms with Gasteiger partial charge >= 0.3 is 0 Å². The second-order valence-corrected chi connectivity index (χ2v) is 6.62. The number of hydrogen-bond donors (Lipinski definition) is 1. The van der Waals surface area contributed by atoms with Crippen LogP contribution in [0.2, 0.25) is 5.02 Å². The Morgan fingerprint density at radius 1 is 1.30 bits per heavy atom. The lowest BCUT2D eigenvalue weighted by Gasteiger charge is -2.03. The van der Waals surface area contributed by atoms with Crippen LogP contribution >= 0.6 is 11.6 Å². The van der Waals surface area contributed by atoms with Gasteiger partial charge in [0.15, 0.2) is 5.76 Å². The summed E-state index contributed by atoms with van der Waals surface area (Å²) in [5.41, 5.74) is 0. The summed E-state index contributed by atoms with van der Waals surface area (Å²) in [5, 5.41) is 3.18. The molecular weight excluding hydrogens is 338 g/mol. The number of methoxy groups -OCH3 is 1. The van der Waals surface area contributed by atoms with Gasteiger partial charge in [0, 0.05) is 20.3 Å². The van der Waals surface area contributed by atoms with Crippen LogP contribution in [0, 0.1) is 0 Å². The molecule has 1 N–H and O–H groups in total. The zero-order valence-corrected chi connectivity index (χ0v) is 14.3. The molecule has 0 spiro atoms. The van der Waals surface area contributed by atoms with Crippen LogP contribution in [-0.2, 0) is 21.3 Å². The third kappa shape index (κ3) is 5.20. The Morgan fingerprint density at radius 3 is 2.83 bits per heavy atom. The van der Waals surface area contributed by atoms with Crippen molar-refractivity contribution in [2.75, 3.05) is 20.3 Å². The Balaban J connectivity index is 1.93. The lowest BCUT2D eigenvalue weighted by atomic mass is 10.4. The van der Waals surface area contributed by atoms with E-state index in [1.165, 1.54) is 0 Å². The first-order valence-corrected chi connectivity index (χ1v) is 8.80. The summed E-state index contributed by atoms with van der Waals surface area (Å²) in [6.07, 6.45) is 0.729. The molecular formula is C16H18ClNO4S. The number of ether oxygens (including phenoxy) is 1. The summed E-state index contributed by atoms with van der Waals surface area (Å²) >= 11 is 6.03. The summed E-state index contributed by atoms with van der Waals surface area (Å²) in [5.74, 6) is 0.551. The van der Waals surface area contributed by atoms with Gasteiger partial charge in [-0.15, -0.1) is 0 Å². The Labute approximate surface area is 142 Å². The number of carbonyl (C=O) groups is 1. The van der Waals surface area contributed by atoms with Crippen LogP contribution in [0.25, 0.3) is 0 Å². The number of carbonyl (C=O) groups excluding carboxylic acids is 1. The molecule has 23 heavy (non-hydrogen) atoms. The monoisotopic (exact) mass is 355 g/mol. The molecule has 5 nitrogen and oxygen atoms in total. The first kappa shape index (κ1) is 17.7. The van der Waals surface area contributed by atoms with Crippen molar-refractivity contribution in [2.45, 2.75) is 17.1 Å². The molecule has 2 rings (SSSR count). The van der Waals surface area contributed by atoms with E-state index in [2.05, 4.69) is 5.32 Å². The van der Waals surface area contributed by atoms with Crippen molar-refractivity contribution in [1.82, 2.24) is 5.32 Å². The lowest BCUT2D eigenvalue weighted by Crippen LogP contribution is -2.24. The van der Waals surface area contributed by atoms with E-state index in [1.807, 2.05) is 0 Å². The van der Waals surface area contributed by atoms with Crippen molar-refractivity contribution >= 4 is 28.3 Å². The number of hydrogen-bond acceptors (Lipinski definition) is 4. The highest BCUT2D eigenvalue weighted by Crippen LogP contribution is 2.22. The minimum Gasteiger partial charge on any atom is -0.455 e. The highest BCUT2D eigenvalue weighted by atomic mass is 35.5. The maximum Gasteiger partial charge on any atom is 0.286 e. The highest BCUT2D eigenvalue weighted by molar-refractivity contribution is 7.84. The highest BCUT2D eigenvalue weighted by Gasteiger charge is 2.14. The third-order valence-electron chi connectivity index (χ3n) is 3.05. The number of nitrogens with one attached hydrogen (secondary N) is 1. The number of furan rings is 1. The first-order valence-electron chi connectivity index (χ1n) is 7.10. The molecule has 0 saturated carbocycles.